The molecule has 1 amide bonds. The van der Waals surface area contributed by atoms with E-state index in [1.165, 1.54) is 18.3 Å². The zero-order valence-corrected chi connectivity index (χ0v) is 16.1. The molecule has 0 aromatic carbocycles. The van der Waals surface area contributed by atoms with Gasteiger partial charge in [-0.25, -0.2) is 4.98 Å². The third-order valence-electron chi connectivity index (χ3n) is 4.97. The van der Waals surface area contributed by atoms with Crippen molar-refractivity contribution in [3.63, 3.8) is 0 Å². The zero-order valence-electron chi connectivity index (χ0n) is 16.1. The highest BCUT2D eigenvalue weighted by Gasteiger charge is 2.33. The van der Waals surface area contributed by atoms with E-state index in [0.29, 0.717) is 31.5 Å². The summed E-state index contributed by atoms with van der Waals surface area (Å²) in [6.07, 6.45) is -1.98. The fourth-order valence-electron chi connectivity index (χ4n) is 3.32. The first-order valence-electron chi connectivity index (χ1n) is 9.43. The van der Waals surface area contributed by atoms with Crippen molar-refractivity contribution >= 4 is 23.2 Å². The minimum Gasteiger partial charge on any atom is -0.451 e. The van der Waals surface area contributed by atoms with Crippen LogP contribution in [0.4, 0.5) is 30.5 Å². The van der Waals surface area contributed by atoms with E-state index in [1.54, 1.807) is 4.90 Å². The SMILES string of the molecule is Nc1n[nH]cc1-c1ccc(C(=O)Nc2cc(C(F)(F)F)cnc2N2CCC(O)CC2)o1. The van der Waals surface area contributed by atoms with Crippen LogP contribution in [-0.2, 0) is 6.18 Å². The Bertz CT molecular complexity index is 1090. The van der Waals surface area contributed by atoms with Gasteiger partial charge in [0.1, 0.15) is 5.76 Å². The highest BCUT2D eigenvalue weighted by atomic mass is 19.4. The van der Waals surface area contributed by atoms with Gasteiger partial charge in [0.05, 0.1) is 22.9 Å². The van der Waals surface area contributed by atoms with Gasteiger partial charge in [-0.2, -0.15) is 18.3 Å². The largest absolute Gasteiger partial charge is 0.451 e. The predicted molar refractivity (Wildman–Crippen MR) is 105 cm³/mol. The summed E-state index contributed by atoms with van der Waals surface area (Å²) in [6.45, 7) is 0.792. The van der Waals surface area contributed by atoms with Gasteiger partial charge in [0, 0.05) is 25.5 Å². The quantitative estimate of drug-likeness (QED) is 0.494. The highest BCUT2D eigenvalue weighted by Crippen LogP contribution is 2.35. The molecule has 1 aliphatic heterocycles. The van der Waals surface area contributed by atoms with Crippen LogP contribution < -0.4 is 16.0 Å². The van der Waals surface area contributed by atoms with Crippen LogP contribution in [-0.4, -0.2) is 45.4 Å². The Kier molecular flexibility index (Phi) is 5.31. The second-order valence-electron chi connectivity index (χ2n) is 7.11. The Labute approximate surface area is 174 Å². The summed E-state index contributed by atoms with van der Waals surface area (Å²) in [4.78, 5) is 18.4. The van der Waals surface area contributed by atoms with E-state index in [-0.39, 0.29) is 28.8 Å². The second kappa shape index (κ2) is 7.95. The molecule has 1 saturated heterocycles. The first-order valence-corrected chi connectivity index (χ1v) is 9.43. The predicted octanol–water partition coefficient (Wildman–Crippen LogP) is 2.88. The number of aromatic nitrogens is 3. The summed E-state index contributed by atoms with van der Waals surface area (Å²) in [5, 5.41) is 18.5. The summed E-state index contributed by atoms with van der Waals surface area (Å²) < 4.78 is 45.1. The molecule has 5 N–H and O–H groups in total. The number of H-pyrrole nitrogens is 1. The lowest BCUT2D eigenvalue weighted by Crippen LogP contribution is -2.37. The van der Waals surface area contributed by atoms with Gasteiger partial charge in [0.25, 0.3) is 5.91 Å². The van der Waals surface area contributed by atoms with Crippen molar-refractivity contribution in [2.45, 2.75) is 25.1 Å². The normalized spacial score (nSPS) is 15.3. The number of rotatable bonds is 4. The van der Waals surface area contributed by atoms with Gasteiger partial charge in [-0.05, 0) is 31.0 Å². The van der Waals surface area contributed by atoms with Crippen LogP contribution in [0.15, 0.2) is 35.0 Å². The van der Waals surface area contributed by atoms with Gasteiger partial charge in [-0.1, -0.05) is 0 Å². The van der Waals surface area contributed by atoms with Gasteiger partial charge in [0.15, 0.2) is 17.4 Å². The molecule has 164 valence electrons. The number of pyridine rings is 1. The lowest BCUT2D eigenvalue weighted by atomic mass is 10.1. The first-order chi connectivity index (χ1) is 14.7. The molecular weight excluding hydrogens is 417 g/mol. The summed E-state index contributed by atoms with van der Waals surface area (Å²) in [7, 11) is 0. The van der Waals surface area contributed by atoms with Gasteiger partial charge in [-0.3, -0.25) is 9.89 Å². The molecule has 0 spiro atoms. The number of alkyl halides is 3. The zero-order chi connectivity index (χ0) is 22.2. The van der Waals surface area contributed by atoms with E-state index >= 15 is 0 Å². The van der Waals surface area contributed by atoms with Crippen LogP contribution in [0.25, 0.3) is 11.3 Å². The summed E-state index contributed by atoms with van der Waals surface area (Å²) in [5.74, 6) is -0.207. The third-order valence-corrected chi connectivity index (χ3v) is 4.97. The Morgan fingerprint density at radius 1 is 1.32 bits per heavy atom. The van der Waals surface area contributed by atoms with Gasteiger partial charge in [0.2, 0.25) is 0 Å². The standard InChI is InChI=1S/C19H19F3N6O3/c20-19(21,22)10-7-13(17(24-8-10)28-5-3-11(29)4-6-28)26-18(30)15-2-1-14(31-15)12-9-25-27-16(12)23/h1-2,7-9,11,29H,3-6H2,(H,26,30)(H3,23,25,27). The second-order valence-corrected chi connectivity index (χ2v) is 7.11. The van der Waals surface area contributed by atoms with E-state index in [9.17, 15) is 23.1 Å². The lowest BCUT2D eigenvalue weighted by Gasteiger charge is -2.32. The molecule has 0 atom stereocenters. The number of anilines is 3. The van der Waals surface area contributed by atoms with E-state index in [2.05, 4.69) is 20.5 Å². The number of amides is 1. The number of piperidine rings is 1. The molecule has 9 nitrogen and oxygen atoms in total. The topological polar surface area (TPSA) is 133 Å². The van der Waals surface area contributed by atoms with Gasteiger partial charge in [-0.15, -0.1) is 0 Å². The van der Waals surface area contributed by atoms with Crippen LogP contribution in [0.1, 0.15) is 29.0 Å². The summed E-state index contributed by atoms with van der Waals surface area (Å²) >= 11 is 0. The number of nitrogens with one attached hydrogen (secondary N) is 2. The molecule has 0 radical (unpaired) electrons. The molecule has 3 aromatic rings. The average molecular weight is 436 g/mol. The maximum atomic E-state index is 13.2. The molecule has 4 heterocycles. The molecular formula is C19H19F3N6O3. The number of hydrogen-bond donors (Lipinski definition) is 4. The molecule has 4 rings (SSSR count). The van der Waals surface area contributed by atoms with Gasteiger partial charge >= 0.3 is 6.18 Å². The fourth-order valence-corrected chi connectivity index (χ4v) is 3.32. The van der Waals surface area contributed by atoms with Crippen LogP contribution >= 0.6 is 0 Å². The number of furan rings is 1. The molecule has 1 aliphatic rings. The monoisotopic (exact) mass is 436 g/mol. The van der Waals surface area contributed by atoms with Crippen molar-refractivity contribution in [1.29, 1.82) is 0 Å². The molecule has 3 aromatic heterocycles. The number of nitrogen functional groups attached to an aromatic ring is 1. The van der Waals surface area contributed by atoms with E-state index in [1.807, 2.05) is 0 Å². The minimum absolute atomic E-state index is 0.100. The summed E-state index contributed by atoms with van der Waals surface area (Å²) in [5.41, 5.74) is 5.07. The molecule has 0 unspecified atom stereocenters. The highest BCUT2D eigenvalue weighted by molar-refractivity contribution is 6.04. The van der Waals surface area contributed by atoms with Crippen LogP contribution in [0.5, 0.6) is 0 Å². The Morgan fingerprint density at radius 3 is 2.71 bits per heavy atom. The maximum absolute atomic E-state index is 13.2. The number of carbonyl (C=O) groups excluding carboxylic acids is 1. The number of aliphatic hydroxyl groups excluding tert-OH is 1. The first kappa shape index (κ1) is 20.7. The Hall–Kier alpha value is -3.54. The fraction of sp³-hybridized carbons (Fsp3) is 0.316. The van der Waals surface area contributed by atoms with Crippen molar-refractivity contribution < 1.29 is 27.5 Å². The molecule has 31 heavy (non-hydrogen) atoms. The van der Waals surface area contributed by atoms with Crippen molar-refractivity contribution in [1.82, 2.24) is 15.2 Å². The molecule has 12 heteroatoms. The number of halogens is 3. The number of nitrogens with two attached hydrogens (primary N) is 1. The van der Waals surface area contributed by atoms with Gasteiger partial charge < -0.3 is 25.5 Å². The Morgan fingerprint density at radius 2 is 2.06 bits per heavy atom. The smallest absolute Gasteiger partial charge is 0.417 e. The molecule has 0 bridgehead atoms. The minimum atomic E-state index is -4.63. The van der Waals surface area contributed by atoms with Crippen LogP contribution in [0.2, 0.25) is 0 Å². The third kappa shape index (κ3) is 4.33. The van der Waals surface area contributed by atoms with E-state index < -0.39 is 23.8 Å². The van der Waals surface area contributed by atoms with E-state index in [0.717, 1.165) is 12.3 Å². The number of aliphatic hydroxyl groups is 1. The average Bonchev–Trinajstić information content (AvgIpc) is 3.37. The molecule has 1 fully saturated rings. The number of hydrogen-bond acceptors (Lipinski definition) is 7. The van der Waals surface area contributed by atoms with E-state index in [4.69, 9.17) is 10.2 Å². The van der Waals surface area contributed by atoms with Crippen LogP contribution in [0, 0.1) is 0 Å². The summed E-state index contributed by atoms with van der Waals surface area (Å²) in [6, 6.07) is 3.73. The molecule has 0 aliphatic carbocycles. The van der Waals surface area contributed by atoms with Crippen molar-refractivity contribution in [3.8, 4) is 11.3 Å². The Balaban J connectivity index is 1.62. The van der Waals surface area contributed by atoms with Crippen LogP contribution in [0.3, 0.4) is 0 Å². The number of nitrogens with zero attached hydrogens (tertiary/aromatic N) is 3. The molecule has 0 saturated carbocycles. The number of carbonyl (C=O) groups is 1. The number of aromatic amines is 1. The lowest BCUT2D eigenvalue weighted by molar-refractivity contribution is -0.137. The van der Waals surface area contributed by atoms with Crippen molar-refractivity contribution in [2.75, 3.05) is 29.0 Å². The van der Waals surface area contributed by atoms with Crippen molar-refractivity contribution in [2.24, 2.45) is 0 Å². The maximum Gasteiger partial charge on any atom is 0.417 e. The van der Waals surface area contributed by atoms with Crippen molar-refractivity contribution in [3.05, 3.63) is 41.9 Å².